The molecule has 0 spiro atoms. The monoisotopic (exact) mass is 205 g/mol. The third-order valence-electron chi connectivity index (χ3n) is 3.20. The Labute approximate surface area is 91.4 Å². The molecule has 1 aromatic rings. The molecule has 0 amide bonds. The van der Waals surface area contributed by atoms with Crippen molar-refractivity contribution < 1.29 is 4.74 Å². The first-order valence-corrected chi connectivity index (χ1v) is 5.64. The van der Waals surface area contributed by atoms with Gasteiger partial charge in [0.25, 0.3) is 0 Å². The molecule has 0 aromatic heterocycles. The number of hydrogen-bond donors (Lipinski definition) is 1. The van der Waals surface area contributed by atoms with Crippen LogP contribution in [0.15, 0.2) is 24.3 Å². The number of hydrogen-bond acceptors (Lipinski definition) is 2. The molecule has 0 unspecified atom stereocenters. The molecule has 1 aliphatic carbocycles. The summed E-state index contributed by atoms with van der Waals surface area (Å²) >= 11 is 0. The van der Waals surface area contributed by atoms with Crippen LogP contribution in [0.1, 0.15) is 24.8 Å². The SMILES string of the molecule is Cc1ccc(OCC2(CCN)CC2)cc1. The summed E-state index contributed by atoms with van der Waals surface area (Å²) < 4.78 is 5.79. The smallest absolute Gasteiger partial charge is 0.119 e. The van der Waals surface area contributed by atoms with E-state index < -0.39 is 0 Å². The van der Waals surface area contributed by atoms with E-state index in [4.69, 9.17) is 10.5 Å². The van der Waals surface area contributed by atoms with E-state index >= 15 is 0 Å². The minimum Gasteiger partial charge on any atom is -0.493 e. The van der Waals surface area contributed by atoms with Crippen molar-refractivity contribution in [3.63, 3.8) is 0 Å². The molecule has 0 atom stereocenters. The van der Waals surface area contributed by atoms with Gasteiger partial charge in [-0.2, -0.15) is 0 Å². The lowest BCUT2D eigenvalue weighted by Crippen LogP contribution is -2.17. The van der Waals surface area contributed by atoms with Crippen LogP contribution >= 0.6 is 0 Å². The van der Waals surface area contributed by atoms with Crippen molar-refractivity contribution in [2.75, 3.05) is 13.2 Å². The van der Waals surface area contributed by atoms with Crippen molar-refractivity contribution in [2.24, 2.45) is 11.1 Å². The molecule has 1 aliphatic rings. The zero-order valence-electron chi connectivity index (χ0n) is 9.33. The largest absolute Gasteiger partial charge is 0.493 e. The van der Waals surface area contributed by atoms with Gasteiger partial charge in [-0.25, -0.2) is 0 Å². The van der Waals surface area contributed by atoms with Gasteiger partial charge in [0, 0.05) is 5.41 Å². The van der Waals surface area contributed by atoms with Crippen molar-refractivity contribution in [2.45, 2.75) is 26.2 Å². The van der Waals surface area contributed by atoms with Gasteiger partial charge in [0.15, 0.2) is 0 Å². The third kappa shape index (κ3) is 2.72. The molecule has 0 aliphatic heterocycles. The van der Waals surface area contributed by atoms with Crippen molar-refractivity contribution in [3.8, 4) is 5.75 Å². The van der Waals surface area contributed by atoms with Crippen LogP contribution < -0.4 is 10.5 Å². The molecule has 0 heterocycles. The van der Waals surface area contributed by atoms with Gasteiger partial charge in [-0.3, -0.25) is 0 Å². The highest BCUT2D eigenvalue weighted by Crippen LogP contribution is 2.48. The first kappa shape index (κ1) is 10.5. The average molecular weight is 205 g/mol. The number of ether oxygens (including phenoxy) is 1. The van der Waals surface area contributed by atoms with Gasteiger partial charge in [-0.1, -0.05) is 17.7 Å². The predicted octanol–water partition coefficient (Wildman–Crippen LogP) is 2.50. The Morgan fingerprint density at radius 2 is 1.93 bits per heavy atom. The highest BCUT2D eigenvalue weighted by molar-refractivity contribution is 5.26. The maximum absolute atomic E-state index is 5.79. The van der Waals surface area contributed by atoms with E-state index in [2.05, 4.69) is 19.1 Å². The van der Waals surface area contributed by atoms with Gasteiger partial charge in [0.2, 0.25) is 0 Å². The molecule has 82 valence electrons. The van der Waals surface area contributed by atoms with Gasteiger partial charge in [-0.15, -0.1) is 0 Å². The van der Waals surface area contributed by atoms with Crippen molar-refractivity contribution in [3.05, 3.63) is 29.8 Å². The van der Waals surface area contributed by atoms with E-state index in [1.165, 1.54) is 18.4 Å². The van der Waals surface area contributed by atoms with E-state index in [1.54, 1.807) is 0 Å². The van der Waals surface area contributed by atoms with Crippen LogP contribution in [0.5, 0.6) is 5.75 Å². The highest BCUT2D eigenvalue weighted by atomic mass is 16.5. The van der Waals surface area contributed by atoms with Crippen LogP contribution in [0.2, 0.25) is 0 Å². The molecule has 0 radical (unpaired) electrons. The van der Waals surface area contributed by atoms with E-state index in [9.17, 15) is 0 Å². The zero-order chi connectivity index (χ0) is 10.7. The minimum absolute atomic E-state index is 0.402. The van der Waals surface area contributed by atoms with Crippen LogP contribution in [-0.4, -0.2) is 13.2 Å². The Kier molecular flexibility index (Phi) is 2.96. The summed E-state index contributed by atoms with van der Waals surface area (Å²) in [5.74, 6) is 0.976. The lowest BCUT2D eigenvalue weighted by molar-refractivity contribution is 0.227. The lowest BCUT2D eigenvalue weighted by atomic mass is 10.0. The van der Waals surface area contributed by atoms with E-state index in [0.717, 1.165) is 25.3 Å². The first-order chi connectivity index (χ1) is 7.24. The molecule has 1 fully saturated rings. The molecule has 2 heteroatoms. The Bertz CT molecular complexity index is 314. The van der Waals surface area contributed by atoms with Gasteiger partial charge < -0.3 is 10.5 Å². The fourth-order valence-electron chi connectivity index (χ4n) is 1.82. The summed E-state index contributed by atoms with van der Waals surface area (Å²) in [6.45, 7) is 3.69. The quantitative estimate of drug-likeness (QED) is 0.801. The van der Waals surface area contributed by atoms with Crippen molar-refractivity contribution in [1.29, 1.82) is 0 Å². The van der Waals surface area contributed by atoms with Crippen LogP contribution in [0.3, 0.4) is 0 Å². The van der Waals surface area contributed by atoms with Gasteiger partial charge >= 0.3 is 0 Å². The van der Waals surface area contributed by atoms with E-state index in [-0.39, 0.29) is 0 Å². The average Bonchev–Trinajstić information content (AvgIpc) is 2.99. The second kappa shape index (κ2) is 4.23. The number of aryl methyl sites for hydroxylation is 1. The Morgan fingerprint density at radius 1 is 1.27 bits per heavy atom. The lowest BCUT2D eigenvalue weighted by Gasteiger charge is -2.15. The van der Waals surface area contributed by atoms with E-state index in [1.807, 2.05) is 12.1 Å². The molecule has 15 heavy (non-hydrogen) atoms. The van der Waals surface area contributed by atoms with Crippen molar-refractivity contribution in [1.82, 2.24) is 0 Å². The number of nitrogens with two attached hydrogens (primary N) is 1. The molecule has 0 bridgehead atoms. The number of benzene rings is 1. The Morgan fingerprint density at radius 3 is 2.47 bits per heavy atom. The molecule has 1 aromatic carbocycles. The summed E-state index contributed by atoms with van der Waals surface area (Å²) in [5.41, 5.74) is 7.26. The van der Waals surface area contributed by atoms with Crippen molar-refractivity contribution >= 4 is 0 Å². The fraction of sp³-hybridized carbons (Fsp3) is 0.538. The first-order valence-electron chi connectivity index (χ1n) is 5.64. The Balaban J connectivity index is 1.85. The minimum atomic E-state index is 0.402. The fourth-order valence-corrected chi connectivity index (χ4v) is 1.82. The summed E-state index contributed by atoms with van der Waals surface area (Å²) in [7, 11) is 0. The van der Waals surface area contributed by atoms with Crippen LogP contribution in [-0.2, 0) is 0 Å². The van der Waals surface area contributed by atoms with Crippen LogP contribution in [0.25, 0.3) is 0 Å². The van der Waals surface area contributed by atoms with E-state index in [0.29, 0.717) is 5.41 Å². The second-order valence-electron chi connectivity index (χ2n) is 4.64. The summed E-state index contributed by atoms with van der Waals surface area (Å²) in [5, 5.41) is 0. The highest BCUT2D eigenvalue weighted by Gasteiger charge is 2.42. The zero-order valence-corrected chi connectivity index (χ0v) is 9.33. The molecular formula is C13H19NO. The molecule has 2 nitrogen and oxygen atoms in total. The maximum Gasteiger partial charge on any atom is 0.119 e. The summed E-state index contributed by atoms with van der Waals surface area (Å²) in [6, 6.07) is 8.23. The van der Waals surface area contributed by atoms with Gasteiger partial charge in [-0.05, 0) is 44.9 Å². The van der Waals surface area contributed by atoms with Gasteiger partial charge in [0.1, 0.15) is 5.75 Å². The predicted molar refractivity (Wildman–Crippen MR) is 62.0 cm³/mol. The number of rotatable bonds is 5. The van der Waals surface area contributed by atoms with Gasteiger partial charge in [0.05, 0.1) is 6.61 Å². The molecule has 2 rings (SSSR count). The third-order valence-corrected chi connectivity index (χ3v) is 3.20. The van der Waals surface area contributed by atoms with Crippen LogP contribution in [0, 0.1) is 12.3 Å². The molecular weight excluding hydrogens is 186 g/mol. The maximum atomic E-state index is 5.79. The summed E-state index contributed by atoms with van der Waals surface area (Å²) in [4.78, 5) is 0. The second-order valence-corrected chi connectivity index (χ2v) is 4.64. The molecule has 1 saturated carbocycles. The Hall–Kier alpha value is -1.02. The summed E-state index contributed by atoms with van der Waals surface area (Å²) in [6.07, 6.45) is 3.64. The molecule has 0 saturated heterocycles. The standard InChI is InChI=1S/C13H19NO/c1-11-2-4-12(5-3-11)15-10-13(6-7-13)8-9-14/h2-5H,6-10,14H2,1H3. The molecule has 2 N–H and O–H groups in total. The van der Waals surface area contributed by atoms with Crippen LogP contribution in [0.4, 0.5) is 0 Å². The normalized spacial score (nSPS) is 17.5. The topological polar surface area (TPSA) is 35.2 Å².